The van der Waals surface area contributed by atoms with E-state index in [1.165, 1.54) is 12.1 Å². The van der Waals surface area contributed by atoms with Gasteiger partial charge in [0.05, 0.1) is 5.69 Å². The fraction of sp³-hybridized carbons (Fsp3) is 0. The highest BCUT2D eigenvalue weighted by Crippen LogP contribution is 2.24. The maximum Gasteiger partial charge on any atom is 0.123 e. The summed E-state index contributed by atoms with van der Waals surface area (Å²) in [4.78, 5) is 4.38. The maximum absolute atomic E-state index is 12.9. The number of benzene rings is 2. The minimum atomic E-state index is -0.221. The first-order chi connectivity index (χ1) is 9.33. The van der Waals surface area contributed by atoms with E-state index in [0.717, 1.165) is 22.4 Å². The zero-order valence-corrected chi connectivity index (χ0v) is 10.3. The van der Waals surface area contributed by atoms with Gasteiger partial charge in [0.2, 0.25) is 0 Å². The molecule has 0 aliphatic carbocycles. The lowest BCUT2D eigenvalue weighted by Crippen LogP contribution is -1.85. The highest BCUT2D eigenvalue weighted by atomic mass is 19.1. The topological polar surface area (TPSA) is 12.9 Å². The number of aromatic nitrogens is 1. The van der Waals surface area contributed by atoms with Gasteiger partial charge in [-0.3, -0.25) is 4.98 Å². The Hall–Kier alpha value is -2.48. The van der Waals surface area contributed by atoms with Gasteiger partial charge in [0, 0.05) is 11.8 Å². The summed E-state index contributed by atoms with van der Waals surface area (Å²) in [5, 5.41) is 0. The van der Waals surface area contributed by atoms with E-state index in [4.69, 9.17) is 0 Å². The first kappa shape index (κ1) is 11.6. The summed E-state index contributed by atoms with van der Waals surface area (Å²) in [6.07, 6.45) is 1.78. The molecule has 3 aromatic rings. The van der Waals surface area contributed by atoms with Crippen LogP contribution < -0.4 is 0 Å². The van der Waals surface area contributed by atoms with Gasteiger partial charge in [0.1, 0.15) is 5.82 Å². The molecule has 19 heavy (non-hydrogen) atoms. The minimum Gasteiger partial charge on any atom is -0.256 e. The number of pyridine rings is 1. The molecule has 0 saturated carbocycles. The molecule has 92 valence electrons. The van der Waals surface area contributed by atoms with Gasteiger partial charge in [-0.2, -0.15) is 0 Å². The van der Waals surface area contributed by atoms with Crippen LogP contribution in [-0.2, 0) is 0 Å². The number of rotatable bonds is 2. The predicted octanol–water partition coefficient (Wildman–Crippen LogP) is 4.55. The van der Waals surface area contributed by atoms with E-state index in [9.17, 15) is 4.39 Å². The average molecular weight is 249 g/mol. The molecule has 1 aromatic heterocycles. The van der Waals surface area contributed by atoms with Crippen molar-refractivity contribution in [2.24, 2.45) is 0 Å². The van der Waals surface area contributed by atoms with Crippen molar-refractivity contribution in [1.82, 2.24) is 4.98 Å². The summed E-state index contributed by atoms with van der Waals surface area (Å²) >= 11 is 0. The molecule has 0 radical (unpaired) electrons. The Morgan fingerprint density at radius 1 is 0.684 bits per heavy atom. The smallest absolute Gasteiger partial charge is 0.123 e. The lowest BCUT2D eigenvalue weighted by atomic mass is 10.0. The normalized spacial score (nSPS) is 10.4. The molecule has 0 spiro atoms. The largest absolute Gasteiger partial charge is 0.256 e. The van der Waals surface area contributed by atoms with E-state index in [1.807, 2.05) is 42.5 Å². The molecule has 1 nitrogen and oxygen atoms in total. The van der Waals surface area contributed by atoms with Crippen LogP contribution in [0.5, 0.6) is 0 Å². The third kappa shape index (κ3) is 2.52. The second kappa shape index (κ2) is 5.02. The number of nitrogens with zero attached hydrogens (tertiary/aromatic N) is 1. The van der Waals surface area contributed by atoms with Crippen LogP contribution in [0.15, 0.2) is 72.9 Å². The predicted molar refractivity (Wildman–Crippen MR) is 75.1 cm³/mol. The van der Waals surface area contributed by atoms with E-state index in [0.29, 0.717) is 0 Å². The molecule has 0 bridgehead atoms. The molecule has 0 fully saturated rings. The van der Waals surface area contributed by atoms with Gasteiger partial charge >= 0.3 is 0 Å². The van der Waals surface area contributed by atoms with Crippen LogP contribution in [0, 0.1) is 5.82 Å². The molecule has 2 aromatic carbocycles. The van der Waals surface area contributed by atoms with E-state index >= 15 is 0 Å². The fourth-order valence-electron chi connectivity index (χ4n) is 2.02. The highest BCUT2D eigenvalue weighted by Gasteiger charge is 2.02. The summed E-state index contributed by atoms with van der Waals surface area (Å²) in [7, 11) is 0. The lowest BCUT2D eigenvalue weighted by Gasteiger charge is -2.05. The molecule has 2 heteroatoms. The van der Waals surface area contributed by atoms with Gasteiger partial charge in [0.15, 0.2) is 0 Å². The standard InChI is InChI=1S/C17H12FN/c18-16-8-6-13(7-9-16)15-10-11-19-17(12-15)14-4-2-1-3-5-14/h1-12H. The summed E-state index contributed by atoms with van der Waals surface area (Å²) in [5.74, 6) is -0.221. The number of halogens is 1. The molecule has 0 aliphatic rings. The molecule has 0 saturated heterocycles. The molecule has 0 aliphatic heterocycles. The van der Waals surface area contributed by atoms with Crippen LogP contribution in [0.4, 0.5) is 4.39 Å². The zero-order valence-electron chi connectivity index (χ0n) is 10.3. The third-order valence-electron chi connectivity index (χ3n) is 3.01. The Bertz CT molecular complexity index is 675. The Balaban J connectivity index is 2.03. The van der Waals surface area contributed by atoms with Crippen LogP contribution in [0.1, 0.15) is 0 Å². The number of hydrogen-bond acceptors (Lipinski definition) is 1. The van der Waals surface area contributed by atoms with Crippen molar-refractivity contribution in [3.63, 3.8) is 0 Å². The Kier molecular flexibility index (Phi) is 3.07. The molecule has 1 heterocycles. The molecule has 3 rings (SSSR count). The van der Waals surface area contributed by atoms with Crippen molar-refractivity contribution < 1.29 is 4.39 Å². The van der Waals surface area contributed by atoms with Gasteiger partial charge in [-0.05, 0) is 35.4 Å². The van der Waals surface area contributed by atoms with Crippen LogP contribution in [-0.4, -0.2) is 4.98 Å². The number of hydrogen-bond donors (Lipinski definition) is 0. The first-order valence-electron chi connectivity index (χ1n) is 6.10. The second-order valence-electron chi connectivity index (χ2n) is 4.30. The Labute approximate surface area is 111 Å². The van der Waals surface area contributed by atoms with E-state index in [1.54, 1.807) is 18.3 Å². The van der Waals surface area contributed by atoms with Crippen molar-refractivity contribution in [2.45, 2.75) is 0 Å². The highest BCUT2D eigenvalue weighted by molar-refractivity contribution is 5.70. The average Bonchev–Trinajstić information content (AvgIpc) is 2.49. The monoisotopic (exact) mass is 249 g/mol. The van der Waals surface area contributed by atoms with Crippen LogP contribution in [0.3, 0.4) is 0 Å². The van der Waals surface area contributed by atoms with Crippen molar-refractivity contribution in [3.8, 4) is 22.4 Å². The van der Waals surface area contributed by atoms with Gasteiger partial charge in [-0.25, -0.2) is 4.39 Å². The summed E-state index contributed by atoms with van der Waals surface area (Å²) < 4.78 is 12.9. The molecule has 0 unspecified atom stereocenters. The van der Waals surface area contributed by atoms with Gasteiger partial charge in [-0.1, -0.05) is 42.5 Å². The summed E-state index contributed by atoms with van der Waals surface area (Å²) in [6.45, 7) is 0. The zero-order chi connectivity index (χ0) is 13.1. The minimum absolute atomic E-state index is 0.221. The van der Waals surface area contributed by atoms with Gasteiger partial charge < -0.3 is 0 Å². The summed E-state index contributed by atoms with van der Waals surface area (Å²) in [6, 6.07) is 20.4. The van der Waals surface area contributed by atoms with Gasteiger partial charge in [-0.15, -0.1) is 0 Å². The van der Waals surface area contributed by atoms with Crippen molar-refractivity contribution in [3.05, 3.63) is 78.7 Å². The van der Waals surface area contributed by atoms with Crippen LogP contribution in [0.25, 0.3) is 22.4 Å². The maximum atomic E-state index is 12.9. The molecular formula is C17H12FN. The van der Waals surface area contributed by atoms with Gasteiger partial charge in [0.25, 0.3) is 0 Å². The van der Waals surface area contributed by atoms with Crippen molar-refractivity contribution in [1.29, 1.82) is 0 Å². The Morgan fingerprint density at radius 3 is 2.16 bits per heavy atom. The Morgan fingerprint density at radius 2 is 1.42 bits per heavy atom. The quantitative estimate of drug-likeness (QED) is 0.649. The van der Waals surface area contributed by atoms with Crippen LogP contribution in [0.2, 0.25) is 0 Å². The van der Waals surface area contributed by atoms with Crippen LogP contribution >= 0.6 is 0 Å². The second-order valence-corrected chi connectivity index (χ2v) is 4.30. The molecule has 0 amide bonds. The van der Waals surface area contributed by atoms with Crippen molar-refractivity contribution in [2.75, 3.05) is 0 Å². The first-order valence-corrected chi connectivity index (χ1v) is 6.10. The van der Waals surface area contributed by atoms with E-state index < -0.39 is 0 Å². The van der Waals surface area contributed by atoms with Crippen molar-refractivity contribution >= 4 is 0 Å². The summed E-state index contributed by atoms with van der Waals surface area (Å²) in [5.41, 5.74) is 4.02. The third-order valence-corrected chi connectivity index (χ3v) is 3.01. The molecular weight excluding hydrogens is 237 g/mol. The lowest BCUT2D eigenvalue weighted by molar-refractivity contribution is 0.628. The molecule has 0 atom stereocenters. The van der Waals surface area contributed by atoms with E-state index in [-0.39, 0.29) is 5.82 Å². The fourth-order valence-corrected chi connectivity index (χ4v) is 2.02. The van der Waals surface area contributed by atoms with E-state index in [2.05, 4.69) is 4.98 Å². The molecule has 0 N–H and O–H groups in total. The SMILES string of the molecule is Fc1ccc(-c2ccnc(-c3ccccc3)c2)cc1.